The van der Waals surface area contributed by atoms with Crippen molar-refractivity contribution < 1.29 is 0 Å². The molecule has 2 heterocycles. The second-order valence-corrected chi connectivity index (χ2v) is 24.5. The molecule has 17 rings (SSSR count). The Kier molecular flexibility index (Phi) is 11.5. The minimum atomic E-state index is -0.169. The van der Waals surface area contributed by atoms with Gasteiger partial charge in [0.2, 0.25) is 0 Å². The summed E-state index contributed by atoms with van der Waals surface area (Å²) in [4.78, 5) is 32.1. The van der Waals surface area contributed by atoms with Crippen LogP contribution >= 0.6 is 0 Å². The van der Waals surface area contributed by atoms with Crippen molar-refractivity contribution in [3.63, 3.8) is 0 Å². The average molecular weight is 1130 g/mol. The molecule has 6 nitrogen and oxygen atoms in total. The second-order valence-electron chi connectivity index (χ2n) is 24.5. The predicted molar refractivity (Wildman–Crippen MR) is 362 cm³/mol. The summed E-state index contributed by atoms with van der Waals surface area (Å²) >= 11 is 0. The van der Waals surface area contributed by atoms with Crippen LogP contribution in [0.25, 0.3) is 156 Å². The van der Waals surface area contributed by atoms with Gasteiger partial charge in [0.1, 0.15) is 0 Å². The Bertz CT molecular complexity index is 5410. The summed E-state index contributed by atoms with van der Waals surface area (Å²) in [6, 6.07) is 95.5. The lowest BCUT2D eigenvalue weighted by Crippen LogP contribution is -2.14. The van der Waals surface area contributed by atoms with Gasteiger partial charge >= 0.3 is 0 Å². The minimum Gasteiger partial charge on any atom is -0.208 e. The largest absolute Gasteiger partial charge is 0.208 e. The van der Waals surface area contributed by atoms with Crippen molar-refractivity contribution in [3.05, 3.63) is 289 Å². The predicted octanol–water partition coefficient (Wildman–Crippen LogP) is 20.6. The van der Waals surface area contributed by atoms with Gasteiger partial charge in [-0.3, -0.25) is 0 Å². The fraction of sp³-hybridized carbons (Fsp3) is 0.0732. The quantitative estimate of drug-likeness (QED) is 0.151. The molecule has 6 heteroatoms. The van der Waals surface area contributed by atoms with E-state index in [1.807, 2.05) is 18.2 Å². The molecule has 2 aliphatic carbocycles. The third-order valence-corrected chi connectivity index (χ3v) is 18.8. The molecule has 0 spiro atoms. The average Bonchev–Trinajstić information content (AvgIpc) is 1.66. The van der Waals surface area contributed by atoms with Crippen LogP contribution in [0.1, 0.15) is 49.9 Å². The van der Waals surface area contributed by atoms with Crippen LogP contribution in [0.15, 0.2) is 267 Å². The first-order chi connectivity index (χ1) is 43.1. The number of fused-ring (bicyclic) bond motifs is 12. The molecule has 0 saturated carbocycles. The number of rotatable bonds is 8. The molecular weight excluding hydrogens is 1070 g/mol. The highest BCUT2D eigenvalue weighted by molar-refractivity contribution is 6.11. The molecule has 2 aliphatic rings. The SMILES string of the molecule is CC1(C)c2ccccc2-c2c1ccc1c(-c3nc(-c4ccccc4)nc(-c4cccc(-c5cccc(-c6ccc(-c7nc(-c8ccc9ccccc9c8)nc(-c8cccc9ccc%10c(c89)-c8ccccc8C%10(C)C)n7)c7ccccc67)c5)c4)n3)cccc21. The fourth-order valence-electron chi connectivity index (χ4n) is 14.4. The lowest BCUT2D eigenvalue weighted by atomic mass is 9.82. The van der Waals surface area contributed by atoms with Gasteiger partial charge < -0.3 is 0 Å². The minimum absolute atomic E-state index is 0.112. The number of benzene rings is 13. The molecule has 0 atom stereocenters. The molecule has 0 radical (unpaired) electrons. The van der Waals surface area contributed by atoms with Crippen LogP contribution in [0.5, 0.6) is 0 Å². The zero-order chi connectivity index (χ0) is 58.8. The number of hydrogen-bond acceptors (Lipinski definition) is 6. The van der Waals surface area contributed by atoms with E-state index in [4.69, 9.17) is 29.9 Å². The maximum absolute atomic E-state index is 5.52. The Balaban J connectivity index is 0.775. The monoisotopic (exact) mass is 1120 g/mol. The van der Waals surface area contributed by atoms with Crippen LogP contribution in [-0.4, -0.2) is 29.9 Å². The smallest absolute Gasteiger partial charge is 0.164 e. The molecule has 88 heavy (non-hydrogen) atoms. The lowest BCUT2D eigenvalue weighted by molar-refractivity contribution is 0.660. The van der Waals surface area contributed by atoms with E-state index in [1.54, 1.807) is 0 Å². The first-order valence-electron chi connectivity index (χ1n) is 30.3. The summed E-state index contributed by atoms with van der Waals surface area (Å²) < 4.78 is 0. The zero-order valence-electron chi connectivity index (χ0n) is 49.1. The Morgan fingerprint density at radius 2 is 0.636 bits per heavy atom. The summed E-state index contributed by atoms with van der Waals surface area (Å²) in [5, 5.41) is 9.04. The molecule has 0 amide bonds. The molecule has 414 valence electrons. The summed E-state index contributed by atoms with van der Waals surface area (Å²) in [6.07, 6.45) is 0. The summed E-state index contributed by atoms with van der Waals surface area (Å²) in [6.45, 7) is 9.32. The van der Waals surface area contributed by atoms with Crippen molar-refractivity contribution in [2.24, 2.45) is 0 Å². The standard InChI is InChI=1S/C82H56N6/c1-81(2)68-36-14-12-31-65(68)73-62-33-19-34-63(61(62)43-45-70(73)81)78-84-75(51-21-6-5-7-22-51)83-76(85-78)56-28-17-26-54(48-56)53-25-16-27-55(46-53)58-41-42-64(60-30-11-10-29-59(58)60)79-86-77(57-39-38-49-20-8-9-23-52(49)47-57)87-80(88-79)67-35-18-24-50-40-44-71-74(72(50)67)66-32-13-15-37-69(66)82(71,3)4/h5-48H,1-4H3. The topological polar surface area (TPSA) is 77.3 Å². The third-order valence-electron chi connectivity index (χ3n) is 18.8. The van der Waals surface area contributed by atoms with Crippen LogP contribution in [-0.2, 0) is 10.8 Å². The van der Waals surface area contributed by atoms with Crippen LogP contribution in [0.4, 0.5) is 0 Å². The summed E-state index contributed by atoms with van der Waals surface area (Å²) in [5.74, 6) is 3.73. The van der Waals surface area contributed by atoms with Gasteiger partial charge in [-0.1, -0.05) is 270 Å². The molecular formula is C82H56N6. The van der Waals surface area contributed by atoms with Gasteiger partial charge in [-0.05, 0) is 129 Å². The van der Waals surface area contributed by atoms with Gasteiger partial charge in [0.15, 0.2) is 34.9 Å². The Labute approximate surface area is 510 Å². The Morgan fingerprint density at radius 1 is 0.216 bits per heavy atom. The molecule has 0 fully saturated rings. The van der Waals surface area contributed by atoms with Crippen LogP contribution in [0.2, 0.25) is 0 Å². The van der Waals surface area contributed by atoms with Gasteiger partial charge in [-0.15, -0.1) is 0 Å². The van der Waals surface area contributed by atoms with E-state index in [0.717, 1.165) is 93.3 Å². The van der Waals surface area contributed by atoms with Gasteiger partial charge in [-0.2, -0.15) is 0 Å². The Morgan fingerprint density at radius 3 is 1.38 bits per heavy atom. The molecule has 15 aromatic rings. The number of aromatic nitrogens is 6. The van der Waals surface area contributed by atoms with E-state index < -0.39 is 0 Å². The fourth-order valence-corrected chi connectivity index (χ4v) is 14.4. The molecule has 0 bridgehead atoms. The maximum atomic E-state index is 5.52. The molecule has 13 aromatic carbocycles. The third kappa shape index (κ3) is 8.09. The van der Waals surface area contributed by atoms with E-state index in [1.165, 1.54) is 49.9 Å². The highest BCUT2D eigenvalue weighted by Crippen LogP contribution is 2.54. The molecule has 2 aromatic heterocycles. The van der Waals surface area contributed by atoms with Gasteiger partial charge in [-0.25, -0.2) is 29.9 Å². The number of hydrogen-bond donors (Lipinski definition) is 0. The highest BCUT2D eigenvalue weighted by atomic mass is 15.0. The first kappa shape index (κ1) is 51.3. The number of nitrogens with zero attached hydrogens (tertiary/aromatic N) is 6. The molecule has 0 saturated heterocycles. The molecule has 0 aliphatic heterocycles. The first-order valence-corrected chi connectivity index (χ1v) is 30.3. The summed E-state index contributed by atoms with van der Waals surface area (Å²) in [7, 11) is 0. The van der Waals surface area contributed by atoms with Gasteiger partial charge in [0.05, 0.1) is 0 Å². The van der Waals surface area contributed by atoms with E-state index in [9.17, 15) is 0 Å². The van der Waals surface area contributed by atoms with E-state index in [0.29, 0.717) is 34.9 Å². The van der Waals surface area contributed by atoms with E-state index in [-0.39, 0.29) is 10.8 Å². The van der Waals surface area contributed by atoms with Crippen molar-refractivity contribution in [3.8, 4) is 113 Å². The van der Waals surface area contributed by atoms with Crippen LogP contribution < -0.4 is 0 Å². The maximum Gasteiger partial charge on any atom is 0.164 e. The Hall–Kier alpha value is -11.1. The van der Waals surface area contributed by atoms with E-state index >= 15 is 0 Å². The van der Waals surface area contributed by atoms with Crippen molar-refractivity contribution in [2.45, 2.75) is 38.5 Å². The van der Waals surface area contributed by atoms with Gasteiger partial charge in [0.25, 0.3) is 0 Å². The van der Waals surface area contributed by atoms with Crippen molar-refractivity contribution in [2.75, 3.05) is 0 Å². The van der Waals surface area contributed by atoms with Crippen molar-refractivity contribution in [1.82, 2.24) is 29.9 Å². The highest BCUT2D eigenvalue weighted by Gasteiger charge is 2.38. The van der Waals surface area contributed by atoms with Crippen molar-refractivity contribution >= 4 is 43.1 Å². The lowest BCUT2D eigenvalue weighted by Gasteiger charge is -2.21. The molecule has 0 unspecified atom stereocenters. The van der Waals surface area contributed by atoms with Crippen LogP contribution in [0.3, 0.4) is 0 Å². The van der Waals surface area contributed by atoms with Crippen LogP contribution in [0, 0.1) is 0 Å². The normalized spacial score (nSPS) is 13.4. The van der Waals surface area contributed by atoms with E-state index in [2.05, 4.69) is 276 Å². The molecule has 0 N–H and O–H groups in total. The second kappa shape index (κ2) is 19.7. The zero-order valence-corrected chi connectivity index (χ0v) is 49.1. The summed E-state index contributed by atoms with van der Waals surface area (Å²) in [5.41, 5.74) is 20.1. The van der Waals surface area contributed by atoms with Gasteiger partial charge in [0, 0.05) is 49.6 Å². The van der Waals surface area contributed by atoms with Crippen molar-refractivity contribution in [1.29, 1.82) is 0 Å².